The Morgan fingerprint density at radius 3 is 2.50 bits per heavy atom. The number of carbonyl (C=O) groups excluding carboxylic acids is 1. The maximum Gasteiger partial charge on any atom is 0.222 e. The highest BCUT2D eigenvalue weighted by atomic mass is 16.2. The largest absolute Gasteiger partial charge is 0.340 e. The summed E-state index contributed by atoms with van der Waals surface area (Å²) in [4.78, 5) is 16.8. The summed E-state index contributed by atoms with van der Waals surface area (Å²) in [5.74, 6) is 0.265. The van der Waals surface area contributed by atoms with Crippen LogP contribution in [0.15, 0.2) is 60.8 Å². The van der Waals surface area contributed by atoms with Gasteiger partial charge in [0.1, 0.15) is 0 Å². The normalized spacial score (nSPS) is 15.5. The zero-order valence-electron chi connectivity index (χ0n) is 14.9. The molecule has 1 aliphatic rings. The van der Waals surface area contributed by atoms with Crippen LogP contribution in [0.25, 0.3) is 5.52 Å². The highest BCUT2D eigenvalue weighted by Crippen LogP contribution is 2.12. The maximum atomic E-state index is 12.4. The first-order valence-electron chi connectivity index (χ1n) is 9.25. The minimum absolute atomic E-state index is 0.265. The van der Waals surface area contributed by atoms with Gasteiger partial charge in [0.15, 0.2) is 0 Å². The highest BCUT2D eigenvalue weighted by Gasteiger charge is 2.21. The van der Waals surface area contributed by atoms with Gasteiger partial charge in [-0.3, -0.25) is 9.69 Å². The van der Waals surface area contributed by atoms with Crippen molar-refractivity contribution < 1.29 is 4.79 Å². The lowest BCUT2D eigenvalue weighted by Crippen LogP contribution is -2.48. The summed E-state index contributed by atoms with van der Waals surface area (Å²) in [6.45, 7) is 4.27. The standard InChI is InChI=1S/C21H24N4O/c26-21(10-9-18-6-2-1-3-7-18)24-14-12-23(13-15-24)17-19-16-20-8-4-5-11-25(20)22-19/h1-8,11,16H,9-10,12-15,17H2. The summed E-state index contributed by atoms with van der Waals surface area (Å²) in [6.07, 6.45) is 3.39. The number of fused-ring (bicyclic) bond motifs is 1. The van der Waals surface area contributed by atoms with Crippen LogP contribution >= 0.6 is 0 Å². The summed E-state index contributed by atoms with van der Waals surface area (Å²) in [6, 6.07) is 18.4. The van der Waals surface area contributed by atoms with Gasteiger partial charge in [0.05, 0.1) is 11.2 Å². The van der Waals surface area contributed by atoms with E-state index in [1.54, 1.807) is 0 Å². The number of pyridine rings is 1. The smallest absolute Gasteiger partial charge is 0.222 e. The topological polar surface area (TPSA) is 40.9 Å². The Balaban J connectivity index is 1.26. The molecule has 0 unspecified atom stereocenters. The van der Waals surface area contributed by atoms with Gasteiger partial charge in [0.2, 0.25) is 5.91 Å². The van der Waals surface area contributed by atoms with Crippen molar-refractivity contribution in [2.45, 2.75) is 19.4 Å². The third-order valence-electron chi connectivity index (χ3n) is 5.00. The molecule has 2 aromatic heterocycles. The Hall–Kier alpha value is -2.66. The molecule has 1 aliphatic heterocycles. The number of piperazine rings is 1. The monoisotopic (exact) mass is 348 g/mol. The number of aryl methyl sites for hydroxylation is 1. The molecule has 0 radical (unpaired) electrons. The lowest BCUT2D eigenvalue weighted by atomic mass is 10.1. The van der Waals surface area contributed by atoms with Crippen molar-refractivity contribution in [2.75, 3.05) is 26.2 Å². The first-order valence-corrected chi connectivity index (χ1v) is 9.25. The van der Waals surface area contributed by atoms with E-state index in [1.807, 2.05) is 45.9 Å². The Morgan fingerprint density at radius 1 is 0.962 bits per heavy atom. The molecule has 0 spiro atoms. The molecule has 0 saturated carbocycles. The molecule has 0 aliphatic carbocycles. The van der Waals surface area contributed by atoms with Gasteiger partial charge in [-0.2, -0.15) is 5.10 Å². The minimum Gasteiger partial charge on any atom is -0.340 e. The van der Waals surface area contributed by atoms with Crippen LogP contribution in [0.2, 0.25) is 0 Å². The van der Waals surface area contributed by atoms with E-state index in [4.69, 9.17) is 0 Å². The summed E-state index contributed by atoms with van der Waals surface area (Å²) < 4.78 is 1.92. The Labute approximate surface area is 153 Å². The Kier molecular flexibility index (Phi) is 4.97. The van der Waals surface area contributed by atoms with E-state index in [-0.39, 0.29) is 5.91 Å². The third kappa shape index (κ3) is 3.94. The maximum absolute atomic E-state index is 12.4. The average Bonchev–Trinajstić information content (AvgIpc) is 3.10. The van der Waals surface area contributed by atoms with Crippen LogP contribution in [0.5, 0.6) is 0 Å². The van der Waals surface area contributed by atoms with E-state index >= 15 is 0 Å². The van der Waals surface area contributed by atoms with Gasteiger partial charge in [0, 0.05) is 45.3 Å². The van der Waals surface area contributed by atoms with Gasteiger partial charge in [0.25, 0.3) is 0 Å². The fourth-order valence-electron chi connectivity index (χ4n) is 3.51. The number of carbonyl (C=O) groups is 1. The molecule has 4 rings (SSSR count). The van der Waals surface area contributed by atoms with Crippen LogP contribution < -0.4 is 0 Å². The van der Waals surface area contributed by atoms with Crippen LogP contribution in [-0.2, 0) is 17.8 Å². The zero-order chi connectivity index (χ0) is 17.8. The van der Waals surface area contributed by atoms with Crippen LogP contribution in [0, 0.1) is 0 Å². The SMILES string of the molecule is O=C(CCc1ccccc1)N1CCN(Cc2cc3ccccn3n2)CC1. The molecule has 3 aromatic rings. The number of rotatable bonds is 5. The molecule has 5 heteroatoms. The lowest BCUT2D eigenvalue weighted by molar-refractivity contribution is -0.133. The van der Waals surface area contributed by atoms with E-state index in [9.17, 15) is 4.79 Å². The van der Waals surface area contributed by atoms with Crippen molar-refractivity contribution >= 4 is 11.4 Å². The first-order chi connectivity index (χ1) is 12.8. The molecule has 1 aromatic carbocycles. The average molecular weight is 348 g/mol. The molecular weight excluding hydrogens is 324 g/mol. The van der Waals surface area contributed by atoms with Gasteiger partial charge < -0.3 is 4.90 Å². The number of nitrogens with zero attached hydrogens (tertiary/aromatic N) is 4. The van der Waals surface area contributed by atoms with Crippen molar-refractivity contribution in [3.05, 3.63) is 72.1 Å². The zero-order valence-corrected chi connectivity index (χ0v) is 14.9. The highest BCUT2D eigenvalue weighted by molar-refractivity contribution is 5.76. The van der Waals surface area contributed by atoms with Crippen LogP contribution in [0.3, 0.4) is 0 Å². The predicted molar refractivity (Wildman–Crippen MR) is 102 cm³/mol. The molecule has 0 bridgehead atoms. The lowest BCUT2D eigenvalue weighted by Gasteiger charge is -2.34. The molecule has 134 valence electrons. The van der Waals surface area contributed by atoms with Crippen molar-refractivity contribution in [3.8, 4) is 0 Å². The van der Waals surface area contributed by atoms with Gasteiger partial charge in [-0.25, -0.2) is 4.52 Å². The van der Waals surface area contributed by atoms with E-state index in [0.29, 0.717) is 6.42 Å². The fourth-order valence-corrected chi connectivity index (χ4v) is 3.51. The first kappa shape index (κ1) is 16.8. The number of benzene rings is 1. The van der Waals surface area contributed by atoms with Crippen molar-refractivity contribution in [2.24, 2.45) is 0 Å². The second kappa shape index (κ2) is 7.70. The van der Waals surface area contributed by atoms with Gasteiger partial charge in [-0.1, -0.05) is 36.4 Å². The summed E-state index contributed by atoms with van der Waals surface area (Å²) >= 11 is 0. The molecular formula is C21H24N4O. The molecule has 26 heavy (non-hydrogen) atoms. The minimum atomic E-state index is 0.265. The Bertz CT molecular complexity index is 833. The predicted octanol–water partition coefficient (Wildman–Crippen LogP) is 2.61. The number of hydrogen-bond acceptors (Lipinski definition) is 3. The second-order valence-corrected chi connectivity index (χ2v) is 6.85. The summed E-state index contributed by atoms with van der Waals surface area (Å²) in [5.41, 5.74) is 3.43. The van der Waals surface area contributed by atoms with Crippen molar-refractivity contribution in [1.82, 2.24) is 19.4 Å². The molecule has 0 N–H and O–H groups in total. The molecule has 3 heterocycles. The summed E-state index contributed by atoms with van der Waals surface area (Å²) in [7, 11) is 0. The van der Waals surface area contributed by atoms with Crippen molar-refractivity contribution in [1.29, 1.82) is 0 Å². The number of amides is 1. The molecule has 0 atom stereocenters. The van der Waals surface area contributed by atoms with E-state index in [0.717, 1.165) is 50.4 Å². The fraction of sp³-hybridized carbons (Fsp3) is 0.333. The molecule has 1 amide bonds. The van der Waals surface area contributed by atoms with Gasteiger partial charge in [-0.15, -0.1) is 0 Å². The molecule has 1 saturated heterocycles. The number of aromatic nitrogens is 2. The third-order valence-corrected chi connectivity index (χ3v) is 5.00. The van der Waals surface area contributed by atoms with E-state index in [1.165, 1.54) is 5.56 Å². The van der Waals surface area contributed by atoms with E-state index in [2.05, 4.69) is 34.3 Å². The van der Waals surface area contributed by atoms with Crippen LogP contribution in [0.4, 0.5) is 0 Å². The van der Waals surface area contributed by atoms with Crippen LogP contribution in [-0.4, -0.2) is 51.5 Å². The number of hydrogen-bond donors (Lipinski definition) is 0. The quantitative estimate of drug-likeness (QED) is 0.712. The molecule has 5 nitrogen and oxygen atoms in total. The van der Waals surface area contributed by atoms with E-state index < -0.39 is 0 Å². The van der Waals surface area contributed by atoms with Crippen molar-refractivity contribution in [3.63, 3.8) is 0 Å². The van der Waals surface area contributed by atoms with Gasteiger partial charge in [-0.05, 0) is 30.2 Å². The van der Waals surface area contributed by atoms with Crippen LogP contribution in [0.1, 0.15) is 17.7 Å². The summed E-state index contributed by atoms with van der Waals surface area (Å²) in [5, 5.41) is 4.62. The second-order valence-electron chi connectivity index (χ2n) is 6.85. The van der Waals surface area contributed by atoms with Gasteiger partial charge >= 0.3 is 0 Å². The Morgan fingerprint density at radius 2 is 1.73 bits per heavy atom. The molecule has 1 fully saturated rings.